The predicted molar refractivity (Wildman–Crippen MR) is 41.7 cm³/mol. The van der Waals surface area contributed by atoms with Crippen LogP contribution in [0.1, 0.15) is 19.3 Å². The Hall–Kier alpha value is -0.590. The van der Waals surface area contributed by atoms with Crippen molar-refractivity contribution in [3.05, 3.63) is 0 Å². The van der Waals surface area contributed by atoms with Crippen LogP contribution < -0.4 is 5.73 Å². The molecule has 3 unspecified atom stereocenters. The first kappa shape index (κ1) is 7.08. The van der Waals surface area contributed by atoms with Crippen molar-refractivity contribution in [2.24, 2.45) is 5.73 Å². The summed E-state index contributed by atoms with van der Waals surface area (Å²) in [5.74, 6) is 0. The van der Waals surface area contributed by atoms with E-state index in [1.165, 1.54) is 12.8 Å². The topological polar surface area (TPSA) is 53.1 Å². The zero-order valence-electron chi connectivity index (χ0n) is 6.53. The van der Waals surface area contributed by atoms with Gasteiger partial charge < -0.3 is 5.73 Å². The third kappa shape index (κ3) is 0.943. The molecule has 3 nitrogen and oxygen atoms in total. The minimum Gasteiger partial charge on any atom is -0.325 e. The number of nitriles is 1. The molecule has 3 atom stereocenters. The van der Waals surface area contributed by atoms with E-state index >= 15 is 0 Å². The van der Waals surface area contributed by atoms with Gasteiger partial charge in [0.1, 0.15) is 6.04 Å². The fraction of sp³-hybridized carbons (Fsp3) is 0.875. The fourth-order valence-corrected chi connectivity index (χ4v) is 2.34. The predicted octanol–water partition coefficient (Wildman–Crippen LogP) is 0.0740. The van der Waals surface area contributed by atoms with Gasteiger partial charge in [-0.05, 0) is 25.8 Å². The summed E-state index contributed by atoms with van der Waals surface area (Å²) in [5.41, 5.74) is 5.82. The molecule has 11 heavy (non-hydrogen) atoms. The Morgan fingerprint density at radius 3 is 3.09 bits per heavy atom. The number of rotatable bonds is 0. The highest BCUT2D eigenvalue weighted by atomic mass is 15.2. The lowest BCUT2D eigenvalue weighted by Crippen LogP contribution is -2.38. The summed E-state index contributed by atoms with van der Waals surface area (Å²) in [6, 6.07) is 3.01. The van der Waals surface area contributed by atoms with E-state index in [2.05, 4.69) is 11.0 Å². The molecule has 0 amide bonds. The highest BCUT2D eigenvalue weighted by Crippen LogP contribution is 2.31. The highest BCUT2D eigenvalue weighted by Gasteiger charge is 2.41. The van der Waals surface area contributed by atoms with Gasteiger partial charge in [0, 0.05) is 12.1 Å². The van der Waals surface area contributed by atoms with Gasteiger partial charge in [-0.2, -0.15) is 5.26 Å². The molecule has 60 valence electrons. The van der Waals surface area contributed by atoms with Crippen molar-refractivity contribution in [3.8, 4) is 6.07 Å². The van der Waals surface area contributed by atoms with Crippen LogP contribution in [-0.4, -0.2) is 29.6 Å². The second kappa shape index (κ2) is 2.47. The van der Waals surface area contributed by atoms with E-state index in [0.717, 1.165) is 13.0 Å². The van der Waals surface area contributed by atoms with E-state index < -0.39 is 0 Å². The summed E-state index contributed by atoms with van der Waals surface area (Å²) in [5, 5.41) is 8.81. The molecule has 2 aliphatic rings. The van der Waals surface area contributed by atoms with Crippen molar-refractivity contribution in [1.29, 1.82) is 5.26 Å². The summed E-state index contributed by atoms with van der Waals surface area (Å²) >= 11 is 0. The lowest BCUT2D eigenvalue weighted by atomic mass is 10.1. The Balaban J connectivity index is 2.15. The van der Waals surface area contributed by atoms with Crippen LogP contribution >= 0.6 is 0 Å². The van der Waals surface area contributed by atoms with Crippen LogP contribution in [0.3, 0.4) is 0 Å². The first-order valence-corrected chi connectivity index (χ1v) is 4.24. The maximum absolute atomic E-state index is 8.81. The molecule has 0 radical (unpaired) electrons. The SMILES string of the molecule is N#CC1C(N)CC2CCCN21. The largest absolute Gasteiger partial charge is 0.325 e. The third-order valence-electron chi connectivity index (χ3n) is 2.86. The molecule has 2 N–H and O–H groups in total. The summed E-state index contributed by atoms with van der Waals surface area (Å²) in [6.45, 7) is 1.08. The zero-order valence-corrected chi connectivity index (χ0v) is 6.53. The van der Waals surface area contributed by atoms with Gasteiger partial charge in [-0.25, -0.2) is 0 Å². The van der Waals surface area contributed by atoms with Gasteiger partial charge in [0.2, 0.25) is 0 Å². The lowest BCUT2D eigenvalue weighted by Gasteiger charge is -2.18. The maximum atomic E-state index is 8.81. The molecule has 2 heterocycles. The van der Waals surface area contributed by atoms with E-state index in [-0.39, 0.29) is 12.1 Å². The van der Waals surface area contributed by atoms with Crippen molar-refractivity contribution >= 4 is 0 Å². The Labute approximate surface area is 66.8 Å². The minimum atomic E-state index is 0.00231. The van der Waals surface area contributed by atoms with Gasteiger partial charge in [-0.1, -0.05) is 0 Å². The molecular weight excluding hydrogens is 138 g/mol. The van der Waals surface area contributed by atoms with Crippen molar-refractivity contribution in [1.82, 2.24) is 4.90 Å². The van der Waals surface area contributed by atoms with Crippen LogP contribution in [0, 0.1) is 11.3 Å². The Bertz CT molecular complexity index is 196. The third-order valence-corrected chi connectivity index (χ3v) is 2.86. The summed E-state index contributed by atoms with van der Waals surface area (Å²) in [6.07, 6.45) is 3.51. The molecule has 0 aromatic carbocycles. The molecule has 0 aliphatic carbocycles. The number of nitrogens with zero attached hydrogens (tertiary/aromatic N) is 2. The van der Waals surface area contributed by atoms with Gasteiger partial charge in [-0.3, -0.25) is 4.90 Å². The van der Waals surface area contributed by atoms with Crippen LogP contribution in [0.25, 0.3) is 0 Å². The molecule has 3 heteroatoms. The summed E-state index contributed by atoms with van der Waals surface area (Å²) in [7, 11) is 0. The number of fused-ring (bicyclic) bond motifs is 1. The first-order chi connectivity index (χ1) is 5.33. The van der Waals surface area contributed by atoms with E-state index in [9.17, 15) is 0 Å². The number of hydrogen-bond acceptors (Lipinski definition) is 3. The van der Waals surface area contributed by atoms with Gasteiger partial charge in [0.15, 0.2) is 0 Å². The lowest BCUT2D eigenvalue weighted by molar-refractivity contribution is 0.279. The minimum absolute atomic E-state index is 0.00231. The van der Waals surface area contributed by atoms with Crippen LogP contribution in [0.5, 0.6) is 0 Å². The van der Waals surface area contributed by atoms with E-state index in [1.54, 1.807) is 0 Å². The van der Waals surface area contributed by atoms with Gasteiger partial charge in [0.05, 0.1) is 6.07 Å². The molecular formula is C8H13N3. The molecule has 0 aromatic rings. The van der Waals surface area contributed by atoms with Crippen LogP contribution in [0.2, 0.25) is 0 Å². The number of nitrogens with two attached hydrogens (primary N) is 1. The van der Waals surface area contributed by atoms with E-state index in [0.29, 0.717) is 6.04 Å². The van der Waals surface area contributed by atoms with E-state index in [1.807, 2.05) is 0 Å². The van der Waals surface area contributed by atoms with Crippen LogP contribution in [0.15, 0.2) is 0 Å². The molecule has 0 spiro atoms. The monoisotopic (exact) mass is 151 g/mol. The maximum Gasteiger partial charge on any atom is 0.113 e. The molecule has 2 fully saturated rings. The molecule has 0 bridgehead atoms. The van der Waals surface area contributed by atoms with Gasteiger partial charge >= 0.3 is 0 Å². The van der Waals surface area contributed by atoms with Gasteiger partial charge in [0.25, 0.3) is 0 Å². The Morgan fingerprint density at radius 1 is 1.55 bits per heavy atom. The second-order valence-electron chi connectivity index (χ2n) is 3.51. The average molecular weight is 151 g/mol. The molecule has 0 aromatic heterocycles. The fourth-order valence-electron chi connectivity index (χ4n) is 2.34. The smallest absolute Gasteiger partial charge is 0.113 e. The van der Waals surface area contributed by atoms with Crippen LogP contribution in [-0.2, 0) is 0 Å². The highest BCUT2D eigenvalue weighted by molar-refractivity contribution is 5.09. The van der Waals surface area contributed by atoms with Gasteiger partial charge in [-0.15, -0.1) is 0 Å². The van der Waals surface area contributed by atoms with Crippen molar-refractivity contribution in [3.63, 3.8) is 0 Å². The second-order valence-corrected chi connectivity index (χ2v) is 3.51. The van der Waals surface area contributed by atoms with E-state index in [4.69, 9.17) is 11.0 Å². The quantitative estimate of drug-likeness (QED) is 0.533. The molecule has 2 saturated heterocycles. The summed E-state index contributed by atoms with van der Waals surface area (Å²) in [4.78, 5) is 2.27. The molecule has 0 saturated carbocycles. The van der Waals surface area contributed by atoms with Crippen molar-refractivity contribution < 1.29 is 0 Å². The Morgan fingerprint density at radius 2 is 2.36 bits per heavy atom. The number of hydrogen-bond donors (Lipinski definition) is 1. The average Bonchev–Trinajstić information content (AvgIpc) is 2.46. The standard InChI is InChI=1S/C8H13N3/c9-5-8-7(10)4-6-2-1-3-11(6)8/h6-8H,1-4,10H2. The van der Waals surface area contributed by atoms with Crippen molar-refractivity contribution in [2.45, 2.75) is 37.4 Å². The first-order valence-electron chi connectivity index (χ1n) is 4.24. The summed E-state index contributed by atoms with van der Waals surface area (Å²) < 4.78 is 0. The molecule has 2 rings (SSSR count). The van der Waals surface area contributed by atoms with Crippen molar-refractivity contribution in [2.75, 3.05) is 6.54 Å². The normalized spacial score (nSPS) is 43.8. The Kier molecular flexibility index (Phi) is 1.59. The zero-order chi connectivity index (χ0) is 7.84. The van der Waals surface area contributed by atoms with Crippen LogP contribution in [0.4, 0.5) is 0 Å². The molecule has 2 aliphatic heterocycles.